The van der Waals surface area contributed by atoms with Crippen molar-refractivity contribution < 1.29 is 22.7 Å². The van der Waals surface area contributed by atoms with Crippen LogP contribution in [0.1, 0.15) is 10.4 Å². The van der Waals surface area contributed by atoms with E-state index in [2.05, 4.69) is 0 Å². The normalized spacial score (nSPS) is 11.2. The molecule has 0 atom stereocenters. The summed E-state index contributed by atoms with van der Waals surface area (Å²) in [6.07, 6.45) is -4.44. The Morgan fingerprint density at radius 3 is 2.56 bits per heavy atom. The summed E-state index contributed by atoms with van der Waals surface area (Å²) in [6.45, 7) is -1.32. The number of hydrogen-bond donors (Lipinski definition) is 1. The van der Waals surface area contributed by atoms with Crippen molar-refractivity contribution in [3.63, 3.8) is 0 Å². The van der Waals surface area contributed by atoms with E-state index >= 15 is 0 Å². The summed E-state index contributed by atoms with van der Waals surface area (Å²) in [5, 5.41) is 0. The van der Waals surface area contributed by atoms with Crippen molar-refractivity contribution in [2.24, 2.45) is 0 Å². The Kier molecular flexibility index (Phi) is 4.05. The lowest BCUT2D eigenvalue weighted by Crippen LogP contribution is -2.36. The van der Waals surface area contributed by atoms with Gasteiger partial charge >= 0.3 is 6.18 Å². The highest BCUT2D eigenvalue weighted by Crippen LogP contribution is 2.24. The van der Waals surface area contributed by atoms with Crippen LogP contribution in [-0.4, -0.2) is 37.7 Å². The van der Waals surface area contributed by atoms with Crippen molar-refractivity contribution in [1.82, 2.24) is 4.90 Å². The highest BCUT2D eigenvalue weighted by molar-refractivity contribution is 5.97. The number of alkyl halides is 3. The SMILES string of the molecule is COc1cc(N)ccc1C(=O)N(C)CC(F)(F)F. The van der Waals surface area contributed by atoms with Gasteiger partial charge in [0.1, 0.15) is 12.3 Å². The van der Waals surface area contributed by atoms with E-state index in [-0.39, 0.29) is 11.3 Å². The van der Waals surface area contributed by atoms with Gasteiger partial charge in [-0.05, 0) is 12.1 Å². The van der Waals surface area contributed by atoms with Gasteiger partial charge in [-0.25, -0.2) is 0 Å². The number of rotatable bonds is 3. The Hall–Kier alpha value is -1.92. The summed E-state index contributed by atoms with van der Waals surface area (Å²) in [7, 11) is 2.39. The second-order valence-electron chi connectivity index (χ2n) is 3.74. The van der Waals surface area contributed by atoms with Crippen molar-refractivity contribution in [3.8, 4) is 5.75 Å². The highest BCUT2D eigenvalue weighted by Gasteiger charge is 2.32. The fourth-order valence-electron chi connectivity index (χ4n) is 1.43. The maximum atomic E-state index is 12.2. The molecule has 1 amide bonds. The molecule has 1 aromatic carbocycles. The number of carbonyl (C=O) groups excluding carboxylic acids is 1. The number of amides is 1. The largest absolute Gasteiger partial charge is 0.496 e. The number of ether oxygens (including phenoxy) is 1. The molecule has 1 aromatic rings. The summed E-state index contributed by atoms with van der Waals surface area (Å²) >= 11 is 0. The Balaban J connectivity index is 2.96. The third-order valence-corrected chi connectivity index (χ3v) is 2.22. The number of benzene rings is 1. The molecule has 0 aliphatic carbocycles. The van der Waals surface area contributed by atoms with Gasteiger partial charge in [-0.15, -0.1) is 0 Å². The van der Waals surface area contributed by atoms with Crippen molar-refractivity contribution in [3.05, 3.63) is 23.8 Å². The van der Waals surface area contributed by atoms with Crippen LogP contribution in [0.15, 0.2) is 18.2 Å². The molecule has 0 aliphatic heterocycles. The minimum absolute atomic E-state index is 0.0402. The Bertz CT molecular complexity index is 446. The molecule has 18 heavy (non-hydrogen) atoms. The van der Waals surface area contributed by atoms with Crippen molar-refractivity contribution >= 4 is 11.6 Å². The first-order chi connectivity index (χ1) is 8.24. The van der Waals surface area contributed by atoms with Gasteiger partial charge in [-0.3, -0.25) is 4.79 Å². The first-order valence-electron chi connectivity index (χ1n) is 5.00. The van der Waals surface area contributed by atoms with Crippen LogP contribution in [0, 0.1) is 0 Å². The number of nitrogen functional groups attached to an aromatic ring is 1. The zero-order valence-corrected chi connectivity index (χ0v) is 9.91. The summed E-state index contributed by atoms with van der Waals surface area (Å²) in [4.78, 5) is 12.4. The van der Waals surface area contributed by atoms with Gasteiger partial charge < -0.3 is 15.4 Å². The van der Waals surface area contributed by atoms with E-state index in [0.29, 0.717) is 10.6 Å². The van der Waals surface area contributed by atoms with Gasteiger partial charge in [0.2, 0.25) is 0 Å². The van der Waals surface area contributed by atoms with E-state index in [1.165, 1.54) is 25.3 Å². The molecule has 0 heterocycles. The first-order valence-corrected chi connectivity index (χ1v) is 5.00. The van der Waals surface area contributed by atoms with Gasteiger partial charge in [0, 0.05) is 18.8 Å². The molecule has 100 valence electrons. The Morgan fingerprint density at radius 1 is 1.44 bits per heavy atom. The average Bonchev–Trinajstić information content (AvgIpc) is 2.25. The molecule has 0 saturated heterocycles. The number of carbonyl (C=O) groups is 1. The molecule has 4 nitrogen and oxygen atoms in total. The fraction of sp³-hybridized carbons (Fsp3) is 0.364. The smallest absolute Gasteiger partial charge is 0.406 e. The summed E-state index contributed by atoms with van der Waals surface area (Å²) < 4.78 is 41.5. The molecular weight excluding hydrogens is 249 g/mol. The Labute approximate surface area is 102 Å². The van der Waals surface area contributed by atoms with Crippen LogP contribution >= 0.6 is 0 Å². The lowest BCUT2D eigenvalue weighted by atomic mass is 10.1. The number of methoxy groups -OCH3 is 1. The molecular formula is C11H13F3N2O2. The minimum Gasteiger partial charge on any atom is -0.496 e. The van der Waals surface area contributed by atoms with Crippen LogP contribution in [0.4, 0.5) is 18.9 Å². The van der Waals surface area contributed by atoms with Crippen LogP contribution in [0.5, 0.6) is 5.75 Å². The van der Waals surface area contributed by atoms with Crippen molar-refractivity contribution in [1.29, 1.82) is 0 Å². The number of nitrogens with two attached hydrogens (primary N) is 1. The third-order valence-electron chi connectivity index (χ3n) is 2.22. The Morgan fingerprint density at radius 2 is 2.06 bits per heavy atom. The fourth-order valence-corrected chi connectivity index (χ4v) is 1.43. The predicted molar refractivity (Wildman–Crippen MR) is 60.4 cm³/mol. The van der Waals surface area contributed by atoms with Crippen molar-refractivity contribution in [2.75, 3.05) is 26.4 Å². The number of nitrogens with zero attached hydrogens (tertiary/aromatic N) is 1. The van der Waals surface area contributed by atoms with Gasteiger partial charge in [0.25, 0.3) is 5.91 Å². The summed E-state index contributed by atoms with van der Waals surface area (Å²) in [5.41, 5.74) is 5.90. The number of hydrogen-bond acceptors (Lipinski definition) is 3. The predicted octanol–water partition coefficient (Wildman–Crippen LogP) is 1.91. The molecule has 0 fully saturated rings. The van der Waals surface area contributed by atoms with Gasteiger partial charge in [-0.1, -0.05) is 0 Å². The van der Waals surface area contributed by atoms with Crippen LogP contribution in [0.3, 0.4) is 0 Å². The third kappa shape index (κ3) is 3.54. The number of anilines is 1. The van der Waals surface area contributed by atoms with Gasteiger partial charge in [-0.2, -0.15) is 13.2 Å². The minimum atomic E-state index is -4.44. The van der Waals surface area contributed by atoms with Crippen LogP contribution in [-0.2, 0) is 0 Å². The maximum Gasteiger partial charge on any atom is 0.406 e. The lowest BCUT2D eigenvalue weighted by Gasteiger charge is -2.20. The van der Waals surface area contributed by atoms with Gasteiger partial charge in [0.15, 0.2) is 0 Å². The molecule has 0 bridgehead atoms. The molecule has 0 aliphatic rings. The quantitative estimate of drug-likeness (QED) is 0.846. The van der Waals surface area contributed by atoms with E-state index in [0.717, 1.165) is 7.05 Å². The van der Waals surface area contributed by atoms with Crippen LogP contribution < -0.4 is 10.5 Å². The lowest BCUT2D eigenvalue weighted by molar-refractivity contribution is -0.138. The highest BCUT2D eigenvalue weighted by atomic mass is 19.4. The second-order valence-corrected chi connectivity index (χ2v) is 3.74. The molecule has 0 radical (unpaired) electrons. The van der Waals surface area contributed by atoms with E-state index in [4.69, 9.17) is 10.5 Å². The molecule has 0 spiro atoms. The van der Waals surface area contributed by atoms with Crippen LogP contribution in [0.2, 0.25) is 0 Å². The van der Waals surface area contributed by atoms with E-state index < -0.39 is 18.6 Å². The summed E-state index contributed by atoms with van der Waals surface area (Å²) in [5.74, 6) is -0.627. The topological polar surface area (TPSA) is 55.6 Å². The molecule has 1 rings (SSSR count). The van der Waals surface area contributed by atoms with Crippen molar-refractivity contribution in [2.45, 2.75) is 6.18 Å². The monoisotopic (exact) mass is 262 g/mol. The molecule has 0 aromatic heterocycles. The zero-order valence-electron chi connectivity index (χ0n) is 9.91. The maximum absolute atomic E-state index is 12.2. The zero-order chi connectivity index (χ0) is 13.9. The summed E-state index contributed by atoms with van der Waals surface area (Å²) in [6, 6.07) is 4.15. The van der Waals surface area contributed by atoms with Crippen LogP contribution in [0.25, 0.3) is 0 Å². The molecule has 7 heteroatoms. The second kappa shape index (κ2) is 5.16. The standard InChI is InChI=1S/C11H13F3N2O2/c1-16(6-11(12,13)14)10(17)8-4-3-7(15)5-9(8)18-2/h3-5H,6,15H2,1-2H3. The number of halogens is 3. The van der Waals surface area contributed by atoms with E-state index in [1.807, 2.05) is 0 Å². The molecule has 2 N–H and O–H groups in total. The van der Waals surface area contributed by atoms with Gasteiger partial charge in [0.05, 0.1) is 12.7 Å². The van der Waals surface area contributed by atoms with E-state index in [9.17, 15) is 18.0 Å². The molecule has 0 saturated carbocycles. The molecule has 0 unspecified atom stereocenters. The average molecular weight is 262 g/mol. The first kappa shape index (κ1) is 14.1. The van der Waals surface area contributed by atoms with E-state index in [1.54, 1.807) is 0 Å².